The van der Waals surface area contributed by atoms with Gasteiger partial charge in [0.05, 0.1) is 11.7 Å². The largest absolute Gasteiger partial charge is 0.322 e. The van der Waals surface area contributed by atoms with Gasteiger partial charge in [-0.1, -0.05) is 12.1 Å². The Kier molecular flexibility index (Phi) is 2.91. The van der Waals surface area contributed by atoms with Gasteiger partial charge in [0.15, 0.2) is 0 Å². The Morgan fingerprint density at radius 1 is 1.29 bits per heavy atom. The fraction of sp³-hybridized carbons (Fsp3) is 0.182. The summed E-state index contributed by atoms with van der Waals surface area (Å²) in [6, 6.07) is 10.0. The van der Waals surface area contributed by atoms with Crippen LogP contribution in [0.4, 0.5) is 0 Å². The minimum Gasteiger partial charge on any atom is -0.322 e. The van der Waals surface area contributed by atoms with E-state index >= 15 is 0 Å². The van der Waals surface area contributed by atoms with E-state index in [1.165, 1.54) is 4.88 Å². The van der Waals surface area contributed by atoms with E-state index in [0.29, 0.717) is 0 Å². The van der Waals surface area contributed by atoms with Gasteiger partial charge in [0.1, 0.15) is 0 Å². The van der Waals surface area contributed by atoms with Crippen molar-refractivity contribution < 1.29 is 0 Å². The van der Waals surface area contributed by atoms with Gasteiger partial charge in [0, 0.05) is 17.5 Å². The highest BCUT2D eigenvalue weighted by Crippen LogP contribution is 2.17. The number of pyridine rings is 1. The highest BCUT2D eigenvalue weighted by atomic mass is 32.1. The molecule has 0 fully saturated rings. The first-order chi connectivity index (χ1) is 6.86. The average molecular weight is 204 g/mol. The maximum atomic E-state index is 6.03. The third-order valence-corrected chi connectivity index (χ3v) is 2.97. The predicted molar refractivity (Wildman–Crippen MR) is 59.2 cm³/mol. The lowest BCUT2D eigenvalue weighted by molar-refractivity contribution is 0.704. The number of hydrogen-bond donors (Lipinski definition) is 1. The first-order valence-electron chi connectivity index (χ1n) is 4.55. The van der Waals surface area contributed by atoms with Crippen LogP contribution in [0.3, 0.4) is 0 Å². The predicted octanol–water partition coefficient (Wildman–Crippen LogP) is 2.39. The fourth-order valence-electron chi connectivity index (χ4n) is 1.35. The molecule has 2 N–H and O–H groups in total. The zero-order valence-corrected chi connectivity index (χ0v) is 8.58. The molecule has 0 aliphatic carbocycles. The Balaban J connectivity index is 2.07. The molecule has 0 aromatic carbocycles. The van der Waals surface area contributed by atoms with Gasteiger partial charge in [-0.3, -0.25) is 4.98 Å². The van der Waals surface area contributed by atoms with Crippen molar-refractivity contribution in [2.75, 3.05) is 0 Å². The summed E-state index contributed by atoms with van der Waals surface area (Å²) in [6.07, 6.45) is 2.65. The summed E-state index contributed by atoms with van der Waals surface area (Å²) in [6.45, 7) is 0. The average Bonchev–Trinajstić information content (AvgIpc) is 2.72. The molecule has 2 aromatic rings. The van der Waals surface area contributed by atoms with Gasteiger partial charge in [0.2, 0.25) is 0 Å². The molecule has 0 radical (unpaired) electrons. The number of rotatable bonds is 3. The quantitative estimate of drug-likeness (QED) is 0.833. The van der Waals surface area contributed by atoms with Crippen molar-refractivity contribution in [2.24, 2.45) is 5.73 Å². The fourth-order valence-corrected chi connectivity index (χ4v) is 2.11. The van der Waals surface area contributed by atoms with Gasteiger partial charge in [-0.2, -0.15) is 0 Å². The van der Waals surface area contributed by atoms with E-state index in [2.05, 4.69) is 16.4 Å². The third-order valence-electron chi connectivity index (χ3n) is 2.07. The standard InChI is InChI=1S/C11H12N2S/c12-10(8-9-4-3-7-14-9)11-5-1-2-6-13-11/h1-7,10H,8,12H2. The molecule has 2 aromatic heterocycles. The Morgan fingerprint density at radius 3 is 2.86 bits per heavy atom. The molecule has 0 spiro atoms. The molecule has 0 aliphatic rings. The first kappa shape index (κ1) is 9.37. The molecular weight excluding hydrogens is 192 g/mol. The molecule has 2 heterocycles. The van der Waals surface area contributed by atoms with Gasteiger partial charge >= 0.3 is 0 Å². The summed E-state index contributed by atoms with van der Waals surface area (Å²) in [4.78, 5) is 5.55. The second-order valence-electron chi connectivity index (χ2n) is 3.14. The number of nitrogens with two attached hydrogens (primary N) is 1. The van der Waals surface area contributed by atoms with Gasteiger partial charge in [0.25, 0.3) is 0 Å². The van der Waals surface area contributed by atoms with Crippen LogP contribution in [0.25, 0.3) is 0 Å². The van der Waals surface area contributed by atoms with Crippen LogP contribution in [0, 0.1) is 0 Å². The molecule has 3 heteroatoms. The number of nitrogens with zero attached hydrogens (tertiary/aromatic N) is 1. The van der Waals surface area contributed by atoms with Crippen molar-refractivity contribution in [1.82, 2.24) is 4.98 Å². The van der Waals surface area contributed by atoms with Gasteiger partial charge in [-0.15, -0.1) is 11.3 Å². The zero-order valence-electron chi connectivity index (χ0n) is 7.76. The molecule has 1 unspecified atom stereocenters. The van der Waals surface area contributed by atoms with Crippen LogP contribution in [0.15, 0.2) is 41.9 Å². The zero-order chi connectivity index (χ0) is 9.80. The van der Waals surface area contributed by atoms with Crippen molar-refractivity contribution in [3.63, 3.8) is 0 Å². The van der Waals surface area contributed by atoms with Gasteiger partial charge in [-0.25, -0.2) is 0 Å². The van der Waals surface area contributed by atoms with E-state index in [0.717, 1.165) is 12.1 Å². The summed E-state index contributed by atoms with van der Waals surface area (Å²) in [5, 5.41) is 2.07. The first-order valence-corrected chi connectivity index (χ1v) is 5.43. The van der Waals surface area contributed by atoms with E-state index in [9.17, 15) is 0 Å². The molecule has 2 nitrogen and oxygen atoms in total. The molecule has 1 atom stereocenters. The van der Waals surface area contributed by atoms with E-state index in [1.807, 2.05) is 24.3 Å². The van der Waals surface area contributed by atoms with Crippen LogP contribution < -0.4 is 5.73 Å². The highest BCUT2D eigenvalue weighted by Gasteiger charge is 2.07. The molecule has 0 bridgehead atoms. The van der Waals surface area contributed by atoms with Crippen LogP contribution in [-0.4, -0.2) is 4.98 Å². The molecule has 2 rings (SSSR count). The minimum atomic E-state index is 0.00912. The molecule has 0 aliphatic heterocycles. The van der Waals surface area contributed by atoms with Crippen molar-refractivity contribution in [1.29, 1.82) is 0 Å². The lowest BCUT2D eigenvalue weighted by Crippen LogP contribution is -2.13. The third kappa shape index (κ3) is 2.19. The van der Waals surface area contributed by atoms with Gasteiger partial charge < -0.3 is 5.73 Å². The summed E-state index contributed by atoms with van der Waals surface area (Å²) < 4.78 is 0. The summed E-state index contributed by atoms with van der Waals surface area (Å²) in [5.41, 5.74) is 6.99. The van der Waals surface area contributed by atoms with Crippen molar-refractivity contribution >= 4 is 11.3 Å². The van der Waals surface area contributed by atoms with Crippen LogP contribution in [0.5, 0.6) is 0 Å². The van der Waals surface area contributed by atoms with Crippen molar-refractivity contribution in [2.45, 2.75) is 12.5 Å². The van der Waals surface area contributed by atoms with E-state index in [-0.39, 0.29) is 6.04 Å². The second kappa shape index (κ2) is 4.35. The molecule has 72 valence electrons. The van der Waals surface area contributed by atoms with Crippen LogP contribution >= 0.6 is 11.3 Å². The number of hydrogen-bond acceptors (Lipinski definition) is 3. The Morgan fingerprint density at radius 2 is 2.21 bits per heavy atom. The van der Waals surface area contributed by atoms with Crippen LogP contribution in [-0.2, 0) is 6.42 Å². The van der Waals surface area contributed by atoms with Gasteiger partial charge in [-0.05, 0) is 23.6 Å². The monoisotopic (exact) mass is 204 g/mol. The van der Waals surface area contributed by atoms with Crippen LogP contribution in [0.2, 0.25) is 0 Å². The topological polar surface area (TPSA) is 38.9 Å². The lowest BCUT2D eigenvalue weighted by atomic mass is 10.1. The minimum absolute atomic E-state index is 0.00912. The van der Waals surface area contributed by atoms with E-state index in [4.69, 9.17) is 5.73 Å². The SMILES string of the molecule is NC(Cc1cccs1)c1ccccn1. The summed E-state index contributed by atoms with van der Waals surface area (Å²) >= 11 is 1.74. The maximum absolute atomic E-state index is 6.03. The molecule has 0 saturated heterocycles. The summed E-state index contributed by atoms with van der Waals surface area (Å²) in [7, 11) is 0. The Bertz CT molecular complexity index is 369. The summed E-state index contributed by atoms with van der Waals surface area (Å²) in [5.74, 6) is 0. The Hall–Kier alpha value is -1.19. The normalized spacial score (nSPS) is 12.6. The highest BCUT2D eigenvalue weighted by molar-refractivity contribution is 7.09. The molecule has 0 amide bonds. The number of aromatic nitrogens is 1. The van der Waals surface area contributed by atoms with E-state index in [1.54, 1.807) is 17.5 Å². The van der Waals surface area contributed by atoms with E-state index < -0.39 is 0 Å². The van der Waals surface area contributed by atoms with Crippen molar-refractivity contribution in [3.05, 3.63) is 52.5 Å². The van der Waals surface area contributed by atoms with Crippen molar-refractivity contribution in [3.8, 4) is 0 Å². The lowest BCUT2D eigenvalue weighted by Gasteiger charge is -2.08. The maximum Gasteiger partial charge on any atom is 0.0574 e. The molecule has 14 heavy (non-hydrogen) atoms. The Labute approximate surface area is 87.4 Å². The second-order valence-corrected chi connectivity index (χ2v) is 4.18. The molecule has 0 saturated carbocycles. The smallest absolute Gasteiger partial charge is 0.0574 e. The molecular formula is C11H12N2S. The van der Waals surface area contributed by atoms with Crippen LogP contribution in [0.1, 0.15) is 16.6 Å². The number of thiophene rings is 1.